The van der Waals surface area contributed by atoms with Gasteiger partial charge in [-0.3, -0.25) is 0 Å². The van der Waals surface area contributed by atoms with Crippen molar-refractivity contribution in [3.63, 3.8) is 0 Å². The van der Waals surface area contributed by atoms with Crippen LogP contribution in [0, 0.1) is 12.8 Å². The van der Waals surface area contributed by atoms with Crippen molar-refractivity contribution < 1.29 is 0 Å². The van der Waals surface area contributed by atoms with Gasteiger partial charge in [-0.25, -0.2) is 4.98 Å². The van der Waals surface area contributed by atoms with Gasteiger partial charge in [0.25, 0.3) is 0 Å². The molecule has 1 unspecified atom stereocenters. The molecule has 1 heterocycles. The van der Waals surface area contributed by atoms with Crippen LogP contribution in [0.4, 0.5) is 11.5 Å². The van der Waals surface area contributed by atoms with Crippen LogP contribution in [-0.2, 0) is 0 Å². The van der Waals surface area contributed by atoms with Crippen molar-refractivity contribution in [3.8, 4) is 0 Å². The first kappa shape index (κ1) is 11.2. The zero-order valence-electron chi connectivity index (χ0n) is 10.2. The van der Waals surface area contributed by atoms with E-state index in [4.69, 9.17) is 5.73 Å². The van der Waals surface area contributed by atoms with E-state index >= 15 is 0 Å². The van der Waals surface area contributed by atoms with Crippen molar-refractivity contribution in [2.45, 2.75) is 45.6 Å². The van der Waals surface area contributed by atoms with Crippen molar-refractivity contribution >= 4 is 11.5 Å². The van der Waals surface area contributed by atoms with Gasteiger partial charge in [-0.2, -0.15) is 0 Å². The van der Waals surface area contributed by atoms with E-state index in [-0.39, 0.29) is 0 Å². The minimum absolute atomic E-state index is 0.497. The fraction of sp³-hybridized carbons (Fsp3) is 0.615. The van der Waals surface area contributed by atoms with Gasteiger partial charge < -0.3 is 11.1 Å². The standard InChI is InChI=1S/C13H21N3/c1-9-8-15-13(7-12(9)14)16-10(2)11-5-3-4-6-11/h7-8,10-11H,3-6H2,1-2H3,(H3,14,15,16). The van der Waals surface area contributed by atoms with Gasteiger partial charge in [-0.05, 0) is 38.2 Å². The highest BCUT2D eigenvalue weighted by Crippen LogP contribution is 2.29. The molecule has 0 saturated heterocycles. The third-order valence-corrected chi connectivity index (χ3v) is 3.63. The predicted octanol–water partition coefficient (Wildman–Crippen LogP) is 2.96. The van der Waals surface area contributed by atoms with Gasteiger partial charge in [0.2, 0.25) is 0 Å². The van der Waals surface area contributed by atoms with Crippen LogP contribution in [0.25, 0.3) is 0 Å². The van der Waals surface area contributed by atoms with E-state index < -0.39 is 0 Å². The Labute approximate surface area is 97.5 Å². The van der Waals surface area contributed by atoms with Gasteiger partial charge in [0.1, 0.15) is 5.82 Å². The maximum atomic E-state index is 5.87. The van der Waals surface area contributed by atoms with E-state index in [1.807, 2.05) is 19.2 Å². The third kappa shape index (κ3) is 2.46. The lowest BCUT2D eigenvalue weighted by Gasteiger charge is -2.21. The first-order valence-electron chi connectivity index (χ1n) is 6.15. The van der Waals surface area contributed by atoms with E-state index in [2.05, 4.69) is 17.2 Å². The third-order valence-electron chi connectivity index (χ3n) is 3.63. The number of rotatable bonds is 3. The Hall–Kier alpha value is -1.25. The second kappa shape index (κ2) is 4.73. The summed E-state index contributed by atoms with van der Waals surface area (Å²) < 4.78 is 0. The van der Waals surface area contributed by atoms with E-state index in [0.29, 0.717) is 6.04 Å². The molecule has 1 aromatic heterocycles. The number of aryl methyl sites for hydroxylation is 1. The minimum atomic E-state index is 0.497. The van der Waals surface area contributed by atoms with Crippen LogP contribution >= 0.6 is 0 Å². The molecule has 0 aliphatic heterocycles. The molecule has 0 radical (unpaired) electrons. The molecule has 3 nitrogen and oxygen atoms in total. The van der Waals surface area contributed by atoms with E-state index in [1.165, 1.54) is 25.7 Å². The number of nitrogen functional groups attached to an aromatic ring is 1. The molecule has 2 rings (SSSR count). The summed E-state index contributed by atoms with van der Waals surface area (Å²) in [6.07, 6.45) is 7.27. The summed E-state index contributed by atoms with van der Waals surface area (Å²) in [5.74, 6) is 1.70. The first-order chi connectivity index (χ1) is 7.66. The van der Waals surface area contributed by atoms with Crippen molar-refractivity contribution in [2.75, 3.05) is 11.1 Å². The lowest BCUT2D eigenvalue weighted by Crippen LogP contribution is -2.24. The molecule has 0 spiro atoms. The van der Waals surface area contributed by atoms with E-state index in [0.717, 1.165) is 23.0 Å². The van der Waals surface area contributed by atoms with Crippen molar-refractivity contribution in [1.82, 2.24) is 4.98 Å². The number of nitrogens with one attached hydrogen (secondary N) is 1. The summed E-state index contributed by atoms with van der Waals surface area (Å²) in [6.45, 7) is 4.22. The van der Waals surface area contributed by atoms with Crippen LogP contribution in [0.5, 0.6) is 0 Å². The summed E-state index contributed by atoms with van der Waals surface area (Å²) >= 11 is 0. The summed E-state index contributed by atoms with van der Waals surface area (Å²) in [7, 11) is 0. The number of nitrogens with two attached hydrogens (primary N) is 1. The highest BCUT2D eigenvalue weighted by Gasteiger charge is 2.21. The first-order valence-corrected chi connectivity index (χ1v) is 6.15. The normalized spacial score (nSPS) is 18.6. The molecule has 1 fully saturated rings. The SMILES string of the molecule is Cc1cnc(NC(C)C2CCCC2)cc1N. The van der Waals surface area contributed by atoms with Gasteiger partial charge in [-0.1, -0.05) is 12.8 Å². The largest absolute Gasteiger partial charge is 0.398 e. The zero-order chi connectivity index (χ0) is 11.5. The summed E-state index contributed by atoms with van der Waals surface area (Å²) in [5, 5.41) is 3.46. The average molecular weight is 219 g/mol. The molecule has 3 heteroatoms. The summed E-state index contributed by atoms with van der Waals surface area (Å²) in [4.78, 5) is 4.36. The number of anilines is 2. The van der Waals surface area contributed by atoms with Crippen LogP contribution < -0.4 is 11.1 Å². The Morgan fingerprint density at radius 2 is 2.12 bits per heavy atom. The second-order valence-corrected chi connectivity index (χ2v) is 4.90. The van der Waals surface area contributed by atoms with Crippen molar-refractivity contribution in [3.05, 3.63) is 17.8 Å². The molecule has 3 N–H and O–H groups in total. The molecular weight excluding hydrogens is 198 g/mol. The van der Waals surface area contributed by atoms with E-state index in [9.17, 15) is 0 Å². The molecular formula is C13H21N3. The molecule has 1 atom stereocenters. The monoisotopic (exact) mass is 219 g/mol. The molecule has 16 heavy (non-hydrogen) atoms. The minimum Gasteiger partial charge on any atom is -0.398 e. The second-order valence-electron chi connectivity index (χ2n) is 4.90. The summed E-state index contributed by atoms with van der Waals surface area (Å²) in [5.41, 5.74) is 7.73. The van der Waals surface area contributed by atoms with Crippen LogP contribution in [-0.4, -0.2) is 11.0 Å². The molecule has 0 aromatic carbocycles. The Kier molecular flexibility index (Phi) is 3.32. The quantitative estimate of drug-likeness (QED) is 0.821. The zero-order valence-corrected chi connectivity index (χ0v) is 10.2. The Bertz CT molecular complexity index is 356. The van der Waals surface area contributed by atoms with Gasteiger partial charge >= 0.3 is 0 Å². The van der Waals surface area contributed by atoms with Crippen molar-refractivity contribution in [2.24, 2.45) is 5.92 Å². The lowest BCUT2D eigenvalue weighted by molar-refractivity contribution is 0.481. The molecule has 88 valence electrons. The lowest BCUT2D eigenvalue weighted by atomic mass is 10.00. The number of hydrogen-bond donors (Lipinski definition) is 2. The average Bonchev–Trinajstić information content (AvgIpc) is 2.77. The van der Waals surface area contributed by atoms with Crippen LogP contribution in [0.15, 0.2) is 12.3 Å². The molecule has 1 aliphatic rings. The van der Waals surface area contributed by atoms with Gasteiger partial charge in [0, 0.05) is 24.0 Å². The molecule has 1 aromatic rings. The van der Waals surface area contributed by atoms with Crippen LogP contribution in [0.1, 0.15) is 38.2 Å². The fourth-order valence-electron chi connectivity index (χ4n) is 2.43. The van der Waals surface area contributed by atoms with Gasteiger partial charge in [-0.15, -0.1) is 0 Å². The summed E-state index contributed by atoms with van der Waals surface area (Å²) in [6, 6.07) is 2.43. The van der Waals surface area contributed by atoms with Gasteiger partial charge in [0.15, 0.2) is 0 Å². The number of nitrogens with zero attached hydrogens (tertiary/aromatic N) is 1. The fourth-order valence-corrected chi connectivity index (χ4v) is 2.43. The smallest absolute Gasteiger partial charge is 0.128 e. The molecule has 1 saturated carbocycles. The number of aromatic nitrogens is 1. The topological polar surface area (TPSA) is 50.9 Å². The Morgan fingerprint density at radius 3 is 2.75 bits per heavy atom. The molecule has 0 bridgehead atoms. The molecule has 0 amide bonds. The maximum absolute atomic E-state index is 5.87. The highest BCUT2D eigenvalue weighted by molar-refractivity contribution is 5.53. The van der Waals surface area contributed by atoms with E-state index in [1.54, 1.807) is 0 Å². The molecule has 1 aliphatic carbocycles. The Balaban J connectivity index is 1.99. The number of hydrogen-bond acceptors (Lipinski definition) is 3. The maximum Gasteiger partial charge on any atom is 0.128 e. The van der Waals surface area contributed by atoms with Crippen molar-refractivity contribution in [1.29, 1.82) is 0 Å². The van der Waals surface area contributed by atoms with Gasteiger partial charge in [0.05, 0.1) is 0 Å². The highest BCUT2D eigenvalue weighted by atomic mass is 15.0. The Morgan fingerprint density at radius 1 is 1.44 bits per heavy atom. The number of pyridine rings is 1. The predicted molar refractivity (Wildman–Crippen MR) is 68.4 cm³/mol. The van der Waals surface area contributed by atoms with Crippen LogP contribution in [0.3, 0.4) is 0 Å². The van der Waals surface area contributed by atoms with Crippen LogP contribution in [0.2, 0.25) is 0 Å².